The second kappa shape index (κ2) is 5.99. The Hall–Kier alpha value is -3.03. The Morgan fingerprint density at radius 1 is 1.13 bits per heavy atom. The summed E-state index contributed by atoms with van der Waals surface area (Å²) in [4.78, 5) is 48.1. The molecule has 1 fully saturated rings. The van der Waals surface area contributed by atoms with Gasteiger partial charge in [-0.1, -0.05) is 19.1 Å². The molecule has 1 saturated heterocycles. The summed E-state index contributed by atoms with van der Waals surface area (Å²) in [5.74, 6) is -1.47. The second-order valence-corrected chi connectivity index (χ2v) is 5.07. The summed E-state index contributed by atoms with van der Waals surface area (Å²) in [5.41, 5.74) is 0.619. The molecule has 0 spiro atoms. The van der Waals surface area contributed by atoms with Crippen LogP contribution < -0.4 is 0 Å². The molecule has 1 aliphatic heterocycles. The highest BCUT2D eigenvalue weighted by atomic mass is 16.6. The zero-order valence-electron chi connectivity index (χ0n) is 12.9. The van der Waals surface area contributed by atoms with Crippen LogP contribution in [0.25, 0.3) is 6.08 Å². The third-order valence-electron chi connectivity index (χ3n) is 3.64. The van der Waals surface area contributed by atoms with Crippen LogP contribution in [0.5, 0.6) is 0 Å². The van der Waals surface area contributed by atoms with Crippen LogP contribution in [0.15, 0.2) is 23.8 Å². The van der Waals surface area contributed by atoms with Gasteiger partial charge in [-0.05, 0) is 18.1 Å². The Morgan fingerprint density at radius 3 is 2.17 bits per heavy atom. The second-order valence-electron chi connectivity index (χ2n) is 5.07. The van der Waals surface area contributed by atoms with Gasteiger partial charge in [0.25, 0.3) is 17.5 Å². The lowest BCUT2D eigenvalue weighted by Gasteiger charge is -2.28. The smallest absolute Gasteiger partial charge is 0.268 e. The molecule has 0 saturated carbocycles. The van der Waals surface area contributed by atoms with Gasteiger partial charge in [-0.2, -0.15) is 0 Å². The van der Waals surface area contributed by atoms with E-state index in [0.717, 1.165) is 9.80 Å². The molecule has 1 heterocycles. The minimum atomic E-state index is -0.736. The van der Waals surface area contributed by atoms with Crippen LogP contribution in [-0.4, -0.2) is 46.7 Å². The first-order valence-electron chi connectivity index (χ1n) is 6.87. The molecule has 1 aliphatic rings. The fourth-order valence-corrected chi connectivity index (χ4v) is 2.28. The van der Waals surface area contributed by atoms with Gasteiger partial charge < -0.3 is 0 Å². The lowest BCUT2D eigenvalue weighted by Crippen LogP contribution is -2.52. The van der Waals surface area contributed by atoms with Crippen molar-refractivity contribution in [3.8, 4) is 0 Å². The molecule has 23 heavy (non-hydrogen) atoms. The molecule has 1 aromatic rings. The van der Waals surface area contributed by atoms with Crippen molar-refractivity contribution in [2.24, 2.45) is 0 Å². The molecule has 0 bridgehead atoms. The molecule has 0 radical (unpaired) electrons. The van der Waals surface area contributed by atoms with E-state index >= 15 is 0 Å². The van der Waals surface area contributed by atoms with Crippen molar-refractivity contribution in [2.45, 2.75) is 13.3 Å². The quantitative estimate of drug-likeness (QED) is 0.365. The average Bonchev–Trinajstić information content (AvgIpc) is 2.54. The summed E-state index contributed by atoms with van der Waals surface area (Å²) in [6.07, 6.45) is 1.75. The Kier molecular flexibility index (Phi) is 4.26. The van der Waals surface area contributed by atoms with Crippen molar-refractivity contribution in [1.82, 2.24) is 9.80 Å². The van der Waals surface area contributed by atoms with Gasteiger partial charge in [0.1, 0.15) is 5.57 Å². The lowest BCUT2D eigenvalue weighted by atomic mass is 10.0. The number of nitrogens with zero attached hydrogens (tertiary/aromatic N) is 3. The number of nitro benzene ring substituents is 1. The Bertz CT molecular complexity index is 727. The monoisotopic (exact) mass is 317 g/mol. The number of barbiturate groups is 1. The normalized spacial score (nSPS) is 15.3. The lowest BCUT2D eigenvalue weighted by molar-refractivity contribution is -0.385. The van der Waals surface area contributed by atoms with Crippen LogP contribution in [0.2, 0.25) is 0 Å². The number of hydrogen-bond donors (Lipinski definition) is 0. The Balaban J connectivity index is 2.50. The van der Waals surface area contributed by atoms with Crippen LogP contribution in [-0.2, 0) is 16.0 Å². The van der Waals surface area contributed by atoms with Crippen LogP contribution in [0.4, 0.5) is 10.5 Å². The number of carbonyl (C=O) groups is 3. The SMILES string of the molecule is CCc1ccc(C=C2C(=O)N(C)C(=O)N(C)C2=O)cc1[N+](=O)[O-]. The minimum Gasteiger partial charge on any atom is -0.268 e. The summed E-state index contributed by atoms with van der Waals surface area (Å²) >= 11 is 0. The highest BCUT2D eigenvalue weighted by Crippen LogP contribution is 2.24. The first-order chi connectivity index (χ1) is 10.8. The topological polar surface area (TPSA) is 101 Å². The molecule has 0 unspecified atom stereocenters. The zero-order chi connectivity index (χ0) is 17.3. The van der Waals surface area contributed by atoms with Crippen molar-refractivity contribution in [3.63, 3.8) is 0 Å². The number of imide groups is 2. The predicted molar refractivity (Wildman–Crippen MR) is 81.4 cm³/mol. The van der Waals surface area contributed by atoms with Crippen molar-refractivity contribution in [2.75, 3.05) is 14.1 Å². The number of hydrogen-bond acceptors (Lipinski definition) is 5. The molecule has 0 atom stereocenters. The maximum atomic E-state index is 12.1. The molecule has 8 nitrogen and oxygen atoms in total. The standard InChI is InChI=1S/C15H15N3O5/c1-4-10-6-5-9(8-12(10)18(22)23)7-11-13(19)16(2)15(21)17(3)14(11)20/h5-8H,4H2,1-3H3. The minimum absolute atomic E-state index is 0.0738. The highest BCUT2D eigenvalue weighted by molar-refractivity contribution is 6.30. The molecule has 120 valence electrons. The van der Waals surface area contributed by atoms with Crippen LogP contribution >= 0.6 is 0 Å². The van der Waals surface area contributed by atoms with Crippen LogP contribution in [0.3, 0.4) is 0 Å². The van der Waals surface area contributed by atoms with E-state index in [4.69, 9.17) is 0 Å². The van der Waals surface area contributed by atoms with Crippen LogP contribution in [0.1, 0.15) is 18.1 Å². The van der Waals surface area contributed by atoms with Crippen molar-refractivity contribution in [3.05, 3.63) is 45.0 Å². The summed E-state index contributed by atoms with van der Waals surface area (Å²) in [6, 6.07) is 3.77. The van der Waals surface area contributed by atoms with Gasteiger partial charge in [-0.15, -0.1) is 0 Å². The average molecular weight is 317 g/mol. The summed E-state index contributed by atoms with van der Waals surface area (Å²) < 4.78 is 0. The van der Waals surface area contributed by atoms with E-state index in [1.165, 1.54) is 26.2 Å². The molecule has 2 rings (SSSR count). The van der Waals surface area contributed by atoms with E-state index in [0.29, 0.717) is 17.5 Å². The number of carbonyl (C=O) groups excluding carboxylic acids is 3. The summed E-state index contributed by atoms with van der Waals surface area (Å²) in [5, 5.41) is 11.1. The maximum absolute atomic E-state index is 12.1. The first kappa shape index (κ1) is 16.3. The van der Waals surface area contributed by atoms with Gasteiger partial charge in [0.15, 0.2) is 0 Å². The number of amides is 4. The molecule has 1 aromatic carbocycles. The summed E-state index contributed by atoms with van der Waals surface area (Å²) in [7, 11) is 2.54. The number of likely N-dealkylation sites (N-methyl/N-ethyl adjacent to an activating group) is 2. The molecular formula is C15H15N3O5. The van der Waals surface area contributed by atoms with E-state index in [1.54, 1.807) is 19.1 Å². The summed E-state index contributed by atoms with van der Waals surface area (Å²) in [6.45, 7) is 1.80. The third kappa shape index (κ3) is 2.83. The van der Waals surface area contributed by atoms with Gasteiger partial charge in [-0.3, -0.25) is 29.5 Å². The van der Waals surface area contributed by atoms with Crippen molar-refractivity contribution < 1.29 is 19.3 Å². The first-order valence-corrected chi connectivity index (χ1v) is 6.87. The fourth-order valence-electron chi connectivity index (χ4n) is 2.28. The molecule has 0 N–H and O–H groups in total. The van der Waals surface area contributed by atoms with Gasteiger partial charge in [0.2, 0.25) is 0 Å². The number of nitro groups is 1. The molecule has 0 aliphatic carbocycles. The molecular weight excluding hydrogens is 302 g/mol. The highest BCUT2D eigenvalue weighted by Gasteiger charge is 2.37. The van der Waals surface area contributed by atoms with E-state index in [-0.39, 0.29) is 11.3 Å². The third-order valence-corrected chi connectivity index (χ3v) is 3.64. The largest absolute Gasteiger partial charge is 0.333 e. The van der Waals surface area contributed by atoms with Crippen molar-refractivity contribution >= 4 is 29.6 Å². The number of benzene rings is 1. The molecule has 0 aromatic heterocycles. The van der Waals surface area contributed by atoms with Crippen molar-refractivity contribution in [1.29, 1.82) is 0 Å². The van der Waals surface area contributed by atoms with Gasteiger partial charge >= 0.3 is 6.03 Å². The van der Waals surface area contributed by atoms with Gasteiger partial charge in [0, 0.05) is 25.7 Å². The Morgan fingerprint density at radius 2 is 1.70 bits per heavy atom. The van der Waals surface area contributed by atoms with E-state index in [1.807, 2.05) is 0 Å². The molecule has 4 amide bonds. The number of urea groups is 1. The van der Waals surface area contributed by atoms with E-state index in [9.17, 15) is 24.5 Å². The maximum Gasteiger partial charge on any atom is 0.333 e. The Labute approximate surface area is 132 Å². The molecule has 8 heteroatoms. The van der Waals surface area contributed by atoms with Gasteiger partial charge in [0.05, 0.1) is 4.92 Å². The van der Waals surface area contributed by atoms with E-state index in [2.05, 4.69) is 0 Å². The fraction of sp³-hybridized carbons (Fsp3) is 0.267. The van der Waals surface area contributed by atoms with Gasteiger partial charge in [-0.25, -0.2) is 4.79 Å². The van der Waals surface area contributed by atoms with Crippen LogP contribution in [0, 0.1) is 10.1 Å². The van der Waals surface area contributed by atoms with E-state index < -0.39 is 22.8 Å². The zero-order valence-corrected chi connectivity index (χ0v) is 12.9. The number of aryl methyl sites for hydroxylation is 1. The predicted octanol–water partition coefficient (Wildman–Crippen LogP) is 1.59. The number of rotatable bonds is 3.